The van der Waals surface area contributed by atoms with Crippen LogP contribution in [0.25, 0.3) is 0 Å². The zero-order valence-electron chi connectivity index (χ0n) is 15.4. The zero-order valence-corrected chi connectivity index (χ0v) is 15.4. The van der Waals surface area contributed by atoms with Crippen molar-refractivity contribution in [2.45, 2.75) is 5.41 Å². The van der Waals surface area contributed by atoms with Crippen molar-refractivity contribution in [1.82, 2.24) is 0 Å². The van der Waals surface area contributed by atoms with Crippen LogP contribution in [0.15, 0.2) is 60.7 Å². The van der Waals surface area contributed by atoms with E-state index in [1.54, 1.807) is 0 Å². The number of carboxylic acid groups (broad SMARTS) is 1. The number of hydrogen-bond donors (Lipinski definition) is 1. The average Bonchev–Trinajstić information content (AvgIpc) is 2.87. The Balaban J connectivity index is 1.54. The number of carbonyl (C=O) groups excluding carboxylic acids is 1. The standard InChI is InChI=1S/C24H20O4/c1-28-21(27)22-14-17-15(22)19-16(22)18(14)24(19,20(25)26)23(17,12-8-4-2-5-9-12)13-10-6-3-7-11-13/h2-11,14-19H,1H3,(H,25,26). The van der Waals surface area contributed by atoms with Gasteiger partial charge in [-0.2, -0.15) is 0 Å². The highest BCUT2D eigenvalue weighted by Crippen LogP contribution is 3.07. The monoisotopic (exact) mass is 372 g/mol. The molecule has 0 saturated heterocycles. The molecular weight excluding hydrogens is 352 g/mol. The van der Waals surface area contributed by atoms with Crippen LogP contribution in [0, 0.1) is 46.3 Å². The first-order valence-corrected chi connectivity index (χ1v) is 10.0. The van der Waals surface area contributed by atoms with Gasteiger partial charge in [-0.15, -0.1) is 0 Å². The zero-order chi connectivity index (χ0) is 19.1. The van der Waals surface area contributed by atoms with Crippen LogP contribution in [0.5, 0.6) is 0 Å². The third-order valence-corrected chi connectivity index (χ3v) is 9.53. The summed E-state index contributed by atoms with van der Waals surface area (Å²) in [5, 5.41) is 10.7. The van der Waals surface area contributed by atoms with Crippen molar-refractivity contribution < 1.29 is 19.4 Å². The van der Waals surface area contributed by atoms with Crippen molar-refractivity contribution in [2.75, 3.05) is 7.11 Å². The van der Waals surface area contributed by atoms with Crippen molar-refractivity contribution in [2.24, 2.45) is 46.3 Å². The highest BCUT2D eigenvalue weighted by Gasteiger charge is 3.11. The molecule has 0 heterocycles. The smallest absolute Gasteiger partial charge is 0.312 e. The number of esters is 1. The van der Waals surface area contributed by atoms with Crippen molar-refractivity contribution in [3.63, 3.8) is 0 Å². The first-order valence-electron chi connectivity index (χ1n) is 10.0. The van der Waals surface area contributed by atoms with E-state index in [-0.39, 0.29) is 46.9 Å². The Morgan fingerprint density at radius 3 is 1.68 bits per heavy atom. The lowest BCUT2D eigenvalue weighted by molar-refractivity contribution is -0.449. The lowest BCUT2D eigenvalue weighted by Gasteiger charge is -2.90. The molecule has 0 aromatic heterocycles. The van der Waals surface area contributed by atoms with Gasteiger partial charge in [0, 0.05) is 5.41 Å². The van der Waals surface area contributed by atoms with Gasteiger partial charge in [0.05, 0.1) is 17.9 Å². The summed E-state index contributed by atoms with van der Waals surface area (Å²) in [6.07, 6.45) is 0. The van der Waals surface area contributed by atoms with E-state index in [9.17, 15) is 14.7 Å². The fraction of sp³-hybridized carbons (Fsp3) is 0.417. The normalized spacial score (nSPS) is 46.3. The topological polar surface area (TPSA) is 63.6 Å². The van der Waals surface area contributed by atoms with Crippen LogP contribution in [0.3, 0.4) is 0 Å². The third-order valence-electron chi connectivity index (χ3n) is 9.53. The number of hydrogen-bond acceptors (Lipinski definition) is 3. The molecule has 2 bridgehead atoms. The number of methoxy groups -OCH3 is 1. The minimum atomic E-state index is -0.795. The van der Waals surface area contributed by atoms with Gasteiger partial charge in [-0.05, 0) is 46.6 Å². The van der Waals surface area contributed by atoms with Gasteiger partial charge in [0.25, 0.3) is 0 Å². The molecule has 4 nitrogen and oxygen atoms in total. The highest BCUT2D eigenvalue weighted by molar-refractivity contribution is 5.95. The quantitative estimate of drug-likeness (QED) is 0.838. The van der Waals surface area contributed by atoms with E-state index in [1.807, 2.05) is 36.4 Å². The Labute approximate surface area is 162 Å². The molecule has 28 heavy (non-hydrogen) atoms. The molecular formula is C24H20O4. The van der Waals surface area contributed by atoms with E-state index in [0.29, 0.717) is 0 Å². The first kappa shape index (κ1) is 15.3. The van der Waals surface area contributed by atoms with E-state index in [1.165, 1.54) is 7.11 Å². The molecule has 0 radical (unpaired) electrons. The van der Waals surface area contributed by atoms with Crippen molar-refractivity contribution in [3.8, 4) is 0 Å². The second kappa shape index (κ2) is 4.19. The predicted octanol–water partition coefficient (Wildman–Crippen LogP) is 2.97. The number of carboxylic acids is 1. The Morgan fingerprint density at radius 2 is 1.25 bits per heavy atom. The summed E-state index contributed by atoms with van der Waals surface area (Å²) in [4.78, 5) is 25.7. The van der Waals surface area contributed by atoms with Gasteiger partial charge in [-0.3, -0.25) is 9.59 Å². The van der Waals surface area contributed by atoms with Gasteiger partial charge in [-0.1, -0.05) is 60.7 Å². The largest absolute Gasteiger partial charge is 0.481 e. The minimum Gasteiger partial charge on any atom is -0.481 e. The fourth-order valence-electron chi connectivity index (χ4n) is 9.48. The lowest BCUT2D eigenvalue weighted by Crippen LogP contribution is -2.94. The molecule has 0 spiro atoms. The van der Waals surface area contributed by atoms with Crippen molar-refractivity contribution in [1.29, 1.82) is 0 Å². The number of aliphatic carboxylic acids is 1. The fourth-order valence-corrected chi connectivity index (χ4v) is 9.48. The summed E-state index contributed by atoms with van der Waals surface area (Å²) in [5.74, 6) is 0.0674. The molecule has 6 fully saturated rings. The van der Waals surface area contributed by atoms with E-state index >= 15 is 0 Å². The van der Waals surface area contributed by atoms with Gasteiger partial charge >= 0.3 is 11.9 Å². The Bertz CT molecular complexity index is 999. The molecule has 0 aliphatic heterocycles. The molecule has 6 aliphatic rings. The van der Waals surface area contributed by atoms with Crippen LogP contribution in [0.1, 0.15) is 11.1 Å². The molecule has 4 heteroatoms. The molecule has 6 aliphatic carbocycles. The van der Waals surface area contributed by atoms with Gasteiger partial charge < -0.3 is 9.84 Å². The maximum Gasteiger partial charge on any atom is 0.312 e. The minimum absolute atomic E-state index is 0.0875. The maximum absolute atomic E-state index is 13.0. The summed E-state index contributed by atoms with van der Waals surface area (Å²) < 4.78 is 5.20. The van der Waals surface area contributed by atoms with Crippen LogP contribution < -0.4 is 0 Å². The molecule has 1 N–H and O–H groups in total. The summed E-state index contributed by atoms with van der Waals surface area (Å²) >= 11 is 0. The van der Waals surface area contributed by atoms with Crippen LogP contribution in [-0.4, -0.2) is 24.2 Å². The van der Waals surface area contributed by atoms with Crippen LogP contribution in [0.4, 0.5) is 0 Å². The summed E-state index contributed by atoms with van der Waals surface area (Å²) in [6.45, 7) is 0. The van der Waals surface area contributed by atoms with Crippen LogP contribution >= 0.6 is 0 Å². The predicted molar refractivity (Wildman–Crippen MR) is 99.1 cm³/mol. The molecule has 4 unspecified atom stereocenters. The SMILES string of the molecule is COC(=O)C12C3C4C1C1C2C3C1(C(=O)O)C4(c1ccccc1)c1ccccc1. The molecule has 6 saturated carbocycles. The summed E-state index contributed by atoms with van der Waals surface area (Å²) in [5.41, 5.74) is 0.436. The highest BCUT2D eigenvalue weighted by atomic mass is 16.5. The molecule has 140 valence electrons. The maximum atomic E-state index is 13.0. The number of rotatable bonds is 4. The Kier molecular flexibility index (Phi) is 2.29. The third kappa shape index (κ3) is 0.997. The van der Waals surface area contributed by atoms with E-state index in [4.69, 9.17) is 4.74 Å². The molecule has 4 atom stereocenters. The molecule has 8 rings (SSSR count). The van der Waals surface area contributed by atoms with E-state index in [2.05, 4.69) is 24.3 Å². The van der Waals surface area contributed by atoms with Crippen molar-refractivity contribution in [3.05, 3.63) is 71.8 Å². The molecule has 2 aromatic carbocycles. The Hall–Kier alpha value is -2.62. The van der Waals surface area contributed by atoms with E-state index < -0.39 is 16.8 Å². The first-order chi connectivity index (χ1) is 13.6. The number of benzene rings is 2. The second-order valence-electron chi connectivity index (χ2n) is 9.29. The van der Waals surface area contributed by atoms with Crippen LogP contribution in [0.2, 0.25) is 0 Å². The second-order valence-corrected chi connectivity index (χ2v) is 9.29. The van der Waals surface area contributed by atoms with E-state index in [0.717, 1.165) is 11.1 Å². The summed E-state index contributed by atoms with van der Waals surface area (Å²) in [7, 11) is 1.47. The molecule has 2 aromatic rings. The Morgan fingerprint density at radius 1 is 0.786 bits per heavy atom. The molecule has 0 amide bonds. The number of ether oxygens (including phenoxy) is 1. The lowest BCUT2D eigenvalue weighted by atomic mass is 9.10. The van der Waals surface area contributed by atoms with Gasteiger partial charge in [0.2, 0.25) is 0 Å². The van der Waals surface area contributed by atoms with Crippen LogP contribution in [-0.2, 0) is 19.7 Å². The average molecular weight is 372 g/mol. The number of carbonyl (C=O) groups is 2. The van der Waals surface area contributed by atoms with Gasteiger partial charge in [0.1, 0.15) is 0 Å². The van der Waals surface area contributed by atoms with Crippen molar-refractivity contribution >= 4 is 11.9 Å². The summed E-state index contributed by atoms with van der Waals surface area (Å²) in [6, 6.07) is 20.4. The van der Waals surface area contributed by atoms with Gasteiger partial charge in [0.15, 0.2) is 0 Å². The van der Waals surface area contributed by atoms with Gasteiger partial charge in [-0.25, -0.2) is 0 Å².